The Hall–Kier alpha value is -1.23. The van der Waals surface area contributed by atoms with Gasteiger partial charge in [0, 0.05) is 6.42 Å². The zero-order valence-corrected chi connectivity index (χ0v) is 9.19. The van der Waals surface area contributed by atoms with E-state index in [1.807, 2.05) is 0 Å². The fourth-order valence-corrected chi connectivity index (χ4v) is 1.53. The highest BCUT2D eigenvalue weighted by Gasteiger charge is 2.37. The van der Waals surface area contributed by atoms with Crippen molar-refractivity contribution in [3.63, 3.8) is 0 Å². The number of rotatable bonds is 4. The first-order valence-electron chi connectivity index (χ1n) is 4.85. The van der Waals surface area contributed by atoms with Gasteiger partial charge in [-0.15, -0.1) is 0 Å². The van der Waals surface area contributed by atoms with Gasteiger partial charge < -0.3 is 10.5 Å². The SMILES string of the molecule is COc1cc(C)cc(F)c1C(F)(F)CCN. The first-order valence-corrected chi connectivity index (χ1v) is 4.85. The topological polar surface area (TPSA) is 35.2 Å². The van der Waals surface area contributed by atoms with Crippen LogP contribution in [0.5, 0.6) is 5.75 Å². The molecule has 0 aliphatic carbocycles. The molecular formula is C11H14F3NO. The minimum absolute atomic E-state index is 0.143. The van der Waals surface area contributed by atoms with Crippen molar-refractivity contribution in [1.29, 1.82) is 0 Å². The molecule has 0 heterocycles. The number of aryl methyl sites for hydroxylation is 1. The molecule has 0 aromatic heterocycles. The molecule has 0 saturated carbocycles. The van der Waals surface area contributed by atoms with Crippen molar-refractivity contribution in [3.8, 4) is 5.75 Å². The summed E-state index contributed by atoms with van der Waals surface area (Å²) in [7, 11) is 1.23. The Kier molecular flexibility index (Phi) is 3.80. The molecule has 2 nitrogen and oxygen atoms in total. The Balaban J connectivity index is 3.31. The van der Waals surface area contributed by atoms with Crippen LogP contribution in [-0.4, -0.2) is 13.7 Å². The van der Waals surface area contributed by atoms with E-state index in [-0.39, 0.29) is 12.3 Å². The van der Waals surface area contributed by atoms with Gasteiger partial charge in [0.15, 0.2) is 0 Å². The number of halogens is 3. The predicted octanol–water partition coefficient (Wildman–Crippen LogP) is 2.58. The third kappa shape index (κ3) is 2.47. The van der Waals surface area contributed by atoms with Gasteiger partial charge in [0.05, 0.1) is 12.7 Å². The smallest absolute Gasteiger partial charge is 0.280 e. The summed E-state index contributed by atoms with van der Waals surface area (Å²) in [5.41, 5.74) is 4.89. The summed E-state index contributed by atoms with van der Waals surface area (Å²) in [6.45, 7) is 1.39. The quantitative estimate of drug-likeness (QED) is 0.867. The molecule has 90 valence electrons. The lowest BCUT2D eigenvalue weighted by Crippen LogP contribution is -2.21. The molecule has 1 aromatic rings. The van der Waals surface area contributed by atoms with Gasteiger partial charge in [0.25, 0.3) is 5.92 Å². The number of benzene rings is 1. The monoisotopic (exact) mass is 233 g/mol. The van der Waals surface area contributed by atoms with Gasteiger partial charge in [-0.25, -0.2) is 13.2 Å². The zero-order chi connectivity index (χ0) is 12.3. The summed E-state index contributed by atoms with van der Waals surface area (Å²) in [6.07, 6.45) is -0.608. The molecule has 16 heavy (non-hydrogen) atoms. The highest BCUT2D eigenvalue weighted by Crippen LogP contribution is 2.39. The molecule has 0 atom stereocenters. The van der Waals surface area contributed by atoms with Gasteiger partial charge in [-0.1, -0.05) is 0 Å². The van der Waals surface area contributed by atoms with E-state index in [9.17, 15) is 13.2 Å². The van der Waals surface area contributed by atoms with Gasteiger partial charge >= 0.3 is 0 Å². The summed E-state index contributed by atoms with van der Waals surface area (Å²) in [5, 5.41) is 0. The number of hydrogen-bond donors (Lipinski definition) is 1. The molecule has 0 spiro atoms. The second kappa shape index (κ2) is 4.74. The van der Waals surface area contributed by atoms with Gasteiger partial charge in [-0.05, 0) is 31.2 Å². The third-order valence-corrected chi connectivity index (χ3v) is 2.24. The number of nitrogens with two attached hydrogens (primary N) is 1. The Morgan fingerprint density at radius 2 is 2.00 bits per heavy atom. The average Bonchev–Trinajstić information content (AvgIpc) is 2.15. The van der Waals surface area contributed by atoms with E-state index in [0.29, 0.717) is 5.56 Å². The average molecular weight is 233 g/mol. The summed E-state index contributed by atoms with van der Waals surface area (Å²) >= 11 is 0. The normalized spacial score (nSPS) is 11.6. The second-order valence-electron chi connectivity index (χ2n) is 3.57. The van der Waals surface area contributed by atoms with Gasteiger partial charge in [-0.3, -0.25) is 0 Å². The lowest BCUT2D eigenvalue weighted by molar-refractivity contribution is -0.0162. The van der Waals surface area contributed by atoms with Crippen molar-refractivity contribution in [2.45, 2.75) is 19.3 Å². The Morgan fingerprint density at radius 1 is 1.38 bits per heavy atom. The van der Waals surface area contributed by atoms with Crippen LogP contribution in [0.15, 0.2) is 12.1 Å². The Labute approximate surface area is 92.2 Å². The molecule has 0 radical (unpaired) electrons. The van der Waals surface area contributed by atoms with Crippen molar-refractivity contribution in [2.75, 3.05) is 13.7 Å². The first-order chi connectivity index (χ1) is 7.42. The minimum Gasteiger partial charge on any atom is -0.496 e. The maximum atomic E-state index is 13.6. The predicted molar refractivity (Wildman–Crippen MR) is 55.3 cm³/mol. The third-order valence-electron chi connectivity index (χ3n) is 2.24. The summed E-state index contributed by atoms with van der Waals surface area (Å²) in [4.78, 5) is 0. The molecule has 1 rings (SSSR count). The molecule has 5 heteroatoms. The maximum Gasteiger partial charge on any atom is 0.280 e. The van der Waals surface area contributed by atoms with Gasteiger partial charge in [0.2, 0.25) is 0 Å². The second-order valence-corrected chi connectivity index (χ2v) is 3.57. The molecule has 0 saturated heterocycles. The molecule has 0 amide bonds. The number of ether oxygens (including phenoxy) is 1. The number of methoxy groups -OCH3 is 1. The summed E-state index contributed by atoms with van der Waals surface area (Å²) < 4.78 is 45.5. The highest BCUT2D eigenvalue weighted by atomic mass is 19.3. The van der Waals surface area contributed by atoms with E-state index in [4.69, 9.17) is 10.5 Å². The van der Waals surface area contributed by atoms with Crippen molar-refractivity contribution < 1.29 is 17.9 Å². The van der Waals surface area contributed by atoms with Crippen LogP contribution < -0.4 is 10.5 Å². The number of alkyl halides is 2. The van der Waals surface area contributed by atoms with Crippen LogP contribution in [0.2, 0.25) is 0 Å². The molecule has 0 aliphatic heterocycles. The molecular weight excluding hydrogens is 219 g/mol. The van der Waals surface area contributed by atoms with E-state index in [2.05, 4.69) is 0 Å². The lowest BCUT2D eigenvalue weighted by atomic mass is 10.0. The van der Waals surface area contributed by atoms with Crippen LogP contribution in [0, 0.1) is 12.7 Å². The molecule has 0 fully saturated rings. The Bertz CT molecular complexity index is 380. The lowest BCUT2D eigenvalue weighted by Gasteiger charge is -2.19. The molecule has 0 unspecified atom stereocenters. The van der Waals surface area contributed by atoms with E-state index in [0.717, 1.165) is 6.07 Å². The fourth-order valence-electron chi connectivity index (χ4n) is 1.53. The van der Waals surface area contributed by atoms with Crippen molar-refractivity contribution in [2.24, 2.45) is 5.73 Å². The van der Waals surface area contributed by atoms with Crippen molar-refractivity contribution >= 4 is 0 Å². The van der Waals surface area contributed by atoms with Crippen LogP contribution in [-0.2, 0) is 5.92 Å². The Morgan fingerprint density at radius 3 is 2.50 bits per heavy atom. The first kappa shape index (κ1) is 12.8. The largest absolute Gasteiger partial charge is 0.496 e. The minimum atomic E-state index is -3.31. The van der Waals surface area contributed by atoms with Crippen LogP contribution in [0.25, 0.3) is 0 Å². The summed E-state index contributed by atoms with van der Waals surface area (Å²) in [6, 6.07) is 2.44. The van der Waals surface area contributed by atoms with E-state index >= 15 is 0 Å². The molecule has 0 bridgehead atoms. The number of hydrogen-bond acceptors (Lipinski definition) is 2. The van der Waals surface area contributed by atoms with E-state index in [1.54, 1.807) is 6.92 Å². The van der Waals surface area contributed by atoms with Crippen molar-refractivity contribution in [1.82, 2.24) is 0 Å². The van der Waals surface area contributed by atoms with Gasteiger partial charge in [0.1, 0.15) is 11.6 Å². The highest BCUT2D eigenvalue weighted by molar-refractivity contribution is 5.41. The fraction of sp³-hybridized carbons (Fsp3) is 0.455. The standard InChI is InChI=1S/C11H14F3NO/c1-7-5-8(12)10(9(6-7)16-2)11(13,14)3-4-15/h5-6H,3-4,15H2,1-2H3. The summed E-state index contributed by atoms with van der Waals surface area (Å²) in [5.74, 6) is -4.41. The molecule has 0 aliphatic rings. The van der Waals surface area contributed by atoms with Crippen LogP contribution in [0.3, 0.4) is 0 Å². The molecule has 2 N–H and O–H groups in total. The van der Waals surface area contributed by atoms with E-state index < -0.39 is 23.7 Å². The van der Waals surface area contributed by atoms with Crippen LogP contribution in [0.1, 0.15) is 17.5 Å². The van der Waals surface area contributed by atoms with Crippen LogP contribution >= 0.6 is 0 Å². The molecule has 1 aromatic carbocycles. The van der Waals surface area contributed by atoms with E-state index in [1.165, 1.54) is 13.2 Å². The van der Waals surface area contributed by atoms with Crippen LogP contribution in [0.4, 0.5) is 13.2 Å². The zero-order valence-electron chi connectivity index (χ0n) is 9.19. The maximum absolute atomic E-state index is 13.6. The van der Waals surface area contributed by atoms with Crippen molar-refractivity contribution in [3.05, 3.63) is 29.1 Å². The van der Waals surface area contributed by atoms with Gasteiger partial charge in [-0.2, -0.15) is 0 Å².